The number of nitrogens with zero attached hydrogens (tertiary/aromatic N) is 1. The zero-order chi connectivity index (χ0) is 14.0. The van der Waals surface area contributed by atoms with E-state index in [4.69, 9.17) is 10.5 Å². The summed E-state index contributed by atoms with van der Waals surface area (Å²) in [4.78, 5) is 16.2. The van der Waals surface area contributed by atoms with Gasteiger partial charge in [0.1, 0.15) is 0 Å². The molecule has 0 spiro atoms. The van der Waals surface area contributed by atoms with Crippen LogP contribution in [-0.4, -0.2) is 18.1 Å². The Kier molecular flexibility index (Phi) is 3.53. The Bertz CT molecular complexity index is 603. The molecule has 19 heavy (non-hydrogen) atoms. The van der Waals surface area contributed by atoms with Crippen molar-refractivity contribution in [3.63, 3.8) is 0 Å². The molecular formula is C15H18N2O2. The molecule has 0 aliphatic heterocycles. The van der Waals surface area contributed by atoms with Gasteiger partial charge in [-0.1, -0.05) is 18.2 Å². The SMILES string of the molecule is COC(=O)C(C)(C)[C@@H](N)c1ccnc2ccccc12. The largest absolute Gasteiger partial charge is 0.469 e. The Morgan fingerprint density at radius 1 is 1.32 bits per heavy atom. The summed E-state index contributed by atoms with van der Waals surface area (Å²) in [5.74, 6) is -0.319. The third kappa shape index (κ3) is 2.31. The summed E-state index contributed by atoms with van der Waals surface area (Å²) < 4.78 is 4.84. The maximum atomic E-state index is 11.9. The minimum absolute atomic E-state index is 0.319. The molecule has 2 N–H and O–H groups in total. The fraction of sp³-hybridized carbons (Fsp3) is 0.333. The van der Waals surface area contributed by atoms with Crippen molar-refractivity contribution in [3.05, 3.63) is 42.1 Å². The number of aromatic nitrogens is 1. The summed E-state index contributed by atoms with van der Waals surface area (Å²) in [6.45, 7) is 3.58. The van der Waals surface area contributed by atoms with Crippen molar-refractivity contribution >= 4 is 16.9 Å². The first-order valence-electron chi connectivity index (χ1n) is 6.16. The number of carbonyl (C=O) groups is 1. The smallest absolute Gasteiger partial charge is 0.313 e. The molecule has 0 aliphatic rings. The number of fused-ring (bicyclic) bond motifs is 1. The second-order valence-electron chi connectivity index (χ2n) is 5.11. The van der Waals surface area contributed by atoms with Gasteiger partial charge in [-0.2, -0.15) is 0 Å². The lowest BCUT2D eigenvalue weighted by molar-refractivity contribution is -0.152. The van der Waals surface area contributed by atoms with Gasteiger partial charge in [-0.05, 0) is 31.5 Å². The van der Waals surface area contributed by atoms with Crippen LogP contribution >= 0.6 is 0 Å². The van der Waals surface area contributed by atoms with Crippen LogP contribution in [0.2, 0.25) is 0 Å². The number of hydrogen-bond acceptors (Lipinski definition) is 4. The Hall–Kier alpha value is -1.94. The Balaban J connectivity index is 2.53. The molecule has 0 fully saturated rings. The minimum Gasteiger partial charge on any atom is -0.469 e. The number of ether oxygens (including phenoxy) is 1. The first kappa shape index (κ1) is 13.5. The molecule has 0 unspecified atom stereocenters. The van der Waals surface area contributed by atoms with E-state index in [0.717, 1.165) is 16.5 Å². The number of esters is 1. The fourth-order valence-corrected chi connectivity index (χ4v) is 2.17. The van der Waals surface area contributed by atoms with E-state index in [1.54, 1.807) is 20.0 Å². The van der Waals surface area contributed by atoms with Gasteiger partial charge in [0.2, 0.25) is 0 Å². The fourth-order valence-electron chi connectivity index (χ4n) is 2.17. The van der Waals surface area contributed by atoms with Crippen LogP contribution < -0.4 is 5.73 Å². The van der Waals surface area contributed by atoms with E-state index >= 15 is 0 Å². The molecule has 0 bridgehead atoms. The monoisotopic (exact) mass is 258 g/mol. The van der Waals surface area contributed by atoms with Gasteiger partial charge < -0.3 is 10.5 Å². The molecule has 2 aromatic rings. The van der Waals surface area contributed by atoms with Crippen LogP contribution in [0.1, 0.15) is 25.5 Å². The van der Waals surface area contributed by atoms with Crippen molar-refractivity contribution in [2.24, 2.45) is 11.1 Å². The van der Waals surface area contributed by atoms with E-state index in [9.17, 15) is 4.79 Å². The Morgan fingerprint density at radius 2 is 2.00 bits per heavy atom. The van der Waals surface area contributed by atoms with Gasteiger partial charge in [-0.25, -0.2) is 0 Å². The molecule has 1 aromatic carbocycles. The van der Waals surface area contributed by atoms with Crippen molar-refractivity contribution in [2.45, 2.75) is 19.9 Å². The maximum Gasteiger partial charge on any atom is 0.313 e. The van der Waals surface area contributed by atoms with Crippen LogP contribution in [0.15, 0.2) is 36.5 Å². The number of carbonyl (C=O) groups excluding carboxylic acids is 1. The summed E-state index contributed by atoms with van der Waals surface area (Å²) in [6, 6.07) is 9.16. The number of nitrogens with two attached hydrogens (primary N) is 1. The lowest BCUT2D eigenvalue weighted by atomic mass is 9.80. The highest BCUT2D eigenvalue weighted by molar-refractivity contribution is 5.84. The van der Waals surface area contributed by atoms with Gasteiger partial charge in [0.15, 0.2) is 0 Å². The van der Waals surface area contributed by atoms with E-state index in [0.29, 0.717) is 0 Å². The van der Waals surface area contributed by atoms with Crippen LogP contribution in [-0.2, 0) is 9.53 Å². The number of methoxy groups -OCH3 is 1. The van der Waals surface area contributed by atoms with Gasteiger partial charge in [0, 0.05) is 17.6 Å². The molecule has 0 saturated carbocycles. The van der Waals surface area contributed by atoms with Gasteiger partial charge in [-0.15, -0.1) is 0 Å². The third-order valence-electron chi connectivity index (χ3n) is 3.51. The summed E-state index contributed by atoms with van der Waals surface area (Å²) in [6.07, 6.45) is 1.71. The van der Waals surface area contributed by atoms with Gasteiger partial charge in [-0.3, -0.25) is 9.78 Å². The molecule has 0 radical (unpaired) electrons. The highest BCUT2D eigenvalue weighted by atomic mass is 16.5. The average molecular weight is 258 g/mol. The minimum atomic E-state index is -0.793. The molecular weight excluding hydrogens is 240 g/mol. The van der Waals surface area contributed by atoms with Crippen LogP contribution in [0.4, 0.5) is 0 Å². The van der Waals surface area contributed by atoms with Crippen molar-refractivity contribution in [2.75, 3.05) is 7.11 Å². The summed E-state index contributed by atoms with van der Waals surface area (Å²) in [5.41, 5.74) is 7.27. The molecule has 4 nitrogen and oxygen atoms in total. The molecule has 1 atom stereocenters. The van der Waals surface area contributed by atoms with Crippen molar-refractivity contribution < 1.29 is 9.53 Å². The Morgan fingerprint density at radius 3 is 2.68 bits per heavy atom. The summed E-state index contributed by atoms with van der Waals surface area (Å²) in [5, 5.41) is 0.967. The molecule has 100 valence electrons. The normalized spacial score (nSPS) is 13.3. The van der Waals surface area contributed by atoms with Crippen LogP contribution in [0.5, 0.6) is 0 Å². The highest BCUT2D eigenvalue weighted by Crippen LogP contribution is 2.35. The maximum absolute atomic E-state index is 11.9. The van der Waals surface area contributed by atoms with Crippen LogP contribution in [0.3, 0.4) is 0 Å². The predicted octanol–water partition coefficient (Wildman–Crippen LogP) is 2.43. The average Bonchev–Trinajstić information content (AvgIpc) is 2.44. The van der Waals surface area contributed by atoms with E-state index in [1.165, 1.54) is 7.11 Å². The van der Waals surface area contributed by atoms with Crippen molar-refractivity contribution in [1.29, 1.82) is 0 Å². The molecule has 1 aromatic heterocycles. The van der Waals surface area contributed by atoms with E-state index in [2.05, 4.69) is 4.98 Å². The van der Waals surface area contributed by atoms with Gasteiger partial charge >= 0.3 is 5.97 Å². The first-order chi connectivity index (χ1) is 8.98. The van der Waals surface area contributed by atoms with Gasteiger partial charge in [0.05, 0.1) is 18.0 Å². The second-order valence-corrected chi connectivity index (χ2v) is 5.11. The number of hydrogen-bond donors (Lipinski definition) is 1. The number of benzene rings is 1. The quantitative estimate of drug-likeness (QED) is 0.859. The van der Waals surface area contributed by atoms with Gasteiger partial charge in [0.25, 0.3) is 0 Å². The highest BCUT2D eigenvalue weighted by Gasteiger charge is 2.37. The molecule has 1 heterocycles. The Labute approximate surface area is 112 Å². The topological polar surface area (TPSA) is 65.2 Å². The van der Waals surface area contributed by atoms with E-state index in [-0.39, 0.29) is 5.97 Å². The zero-order valence-corrected chi connectivity index (χ0v) is 11.4. The summed E-state index contributed by atoms with van der Waals surface area (Å²) >= 11 is 0. The van der Waals surface area contributed by atoms with E-state index in [1.807, 2.05) is 30.3 Å². The molecule has 0 aliphatic carbocycles. The van der Waals surface area contributed by atoms with Crippen LogP contribution in [0, 0.1) is 5.41 Å². The number of rotatable bonds is 3. The predicted molar refractivity (Wildman–Crippen MR) is 74.5 cm³/mol. The van der Waals surface area contributed by atoms with Crippen LogP contribution in [0.25, 0.3) is 10.9 Å². The second kappa shape index (κ2) is 4.97. The third-order valence-corrected chi connectivity index (χ3v) is 3.51. The summed E-state index contributed by atoms with van der Waals surface area (Å²) in [7, 11) is 1.38. The molecule has 0 saturated heterocycles. The van der Waals surface area contributed by atoms with Crippen molar-refractivity contribution in [1.82, 2.24) is 4.98 Å². The standard InChI is InChI=1S/C15H18N2O2/c1-15(2,14(18)19-3)13(16)11-8-9-17-12-7-5-4-6-10(11)12/h4-9,13H,16H2,1-3H3/t13-/m0/s1. The molecule has 4 heteroatoms. The lowest BCUT2D eigenvalue weighted by Crippen LogP contribution is -2.37. The van der Waals surface area contributed by atoms with Crippen molar-refractivity contribution in [3.8, 4) is 0 Å². The first-order valence-corrected chi connectivity index (χ1v) is 6.16. The lowest BCUT2D eigenvalue weighted by Gasteiger charge is -2.29. The molecule has 0 amide bonds. The zero-order valence-electron chi connectivity index (χ0n) is 11.4. The van der Waals surface area contributed by atoms with E-state index < -0.39 is 11.5 Å². The number of pyridine rings is 1. The number of para-hydroxylation sites is 1. The molecule has 2 rings (SSSR count).